The molecule has 7 nitrogen and oxygen atoms in total. The van der Waals surface area contributed by atoms with Crippen LogP contribution in [0.3, 0.4) is 0 Å². The molecule has 0 atom stereocenters. The van der Waals surface area contributed by atoms with Crippen LogP contribution < -0.4 is 10.9 Å². The SMILES string of the molecule is Cc1cc(-c2cnco2)cc(-c2nn(-c3cccc(NCCCO)c3)c(=O)c3ccccc23)c1. The fourth-order valence-electron chi connectivity index (χ4n) is 4.06. The van der Waals surface area contributed by atoms with Gasteiger partial charge < -0.3 is 14.8 Å². The van der Waals surface area contributed by atoms with Gasteiger partial charge in [-0.25, -0.2) is 4.98 Å². The largest absolute Gasteiger partial charge is 0.444 e. The third-order valence-electron chi connectivity index (χ3n) is 5.63. The Morgan fingerprint density at radius 1 is 1.00 bits per heavy atom. The predicted octanol–water partition coefficient (Wildman–Crippen LogP) is 4.81. The minimum atomic E-state index is -0.185. The molecule has 34 heavy (non-hydrogen) atoms. The summed E-state index contributed by atoms with van der Waals surface area (Å²) in [5, 5.41) is 18.5. The van der Waals surface area contributed by atoms with Crippen LogP contribution in [0.2, 0.25) is 0 Å². The van der Waals surface area contributed by atoms with E-state index < -0.39 is 0 Å². The second-order valence-electron chi connectivity index (χ2n) is 8.12. The molecule has 0 amide bonds. The van der Waals surface area contributed by atoms with E-state index in [0.29, 0.717) is 35.5 Å². The molecule has 0 fully saturated rings. The van der Waals surface area contributed by atoms with Crippen molar-refractivity contribution in [1.82, 2.24) is 14.8 Å². The summed E-state index contributed by atoms with van der Waals surface area (Å²) >= 11 is 0. The summed E-state index contributed by atoms with van der Waals surface area (Å²) in [6, 6.07) is 21.2. The molecular formula is C27H24N4O3. The number of oxazole rings is 1. The number of hydrogen-bond donors (Lipinski definition) is 2. The number of aliphatic hydroxyl groups is 1. The number of fused-ring (bicyclic) bond motifs is 1. The Hall–Kier alpha value is -4.23. The van der Waals surface area contributed by atoms with Gasteiger partial charge in [-0.3, -0.25) is 4.79 Å². The third kappa shape index (κ3) is 4.21. The molecule has 0 bridgehead atoms. The third-order valence-corrected chi connectivity index (χ3v) is 5.63. The summed E-state index contributed by atoms with van der Waals surface area (Å²) < 4.78 is 6.96. The van der Waals surface area contributed by atoms with E-state index >= 15 is 0 Å². The number of rotatable bonds is 7. The van der Waals surface area contributed by atoms with Crippen molar-refractivity contribution < 1.29 is 9.52 Å². The zero-order valence-corrected chi connectivity index (χ0v) is 18.7. The maximum absolute atomic E-state index is 13.4. The Bertz CT molecular complexity index is 1510. The number of hydrogen-bond acceptors (Lipinski definition) is 6. The quantitative estimate of drug-likeness (QED) is 0.344. The molecule has 2 N–H and O–H groups in total. The number of nitrogens with one attached hydrogen (secondary N) is 1. The van der Waals surface area contributed by atoms with Gasteiger partial charge in [0.15, 0.2) is 12.2 Å². The Kier molecular flexibility index (Phi) is 5.93. The molecule has 2 aromatic heterocycles. The molecule has 170 valence electrons. The highest BCUT2D eigenvalue weighted by molar-refractivity contribution is 5.94. The highest BCUT2D eigenvalue weighted by Gasteiger charge is 2.15. The van der Waals surface area contributed by atoms with Crippen molar-refractivity contribution >= 4 is 16.5 Å². The summed E-state index contributed by atoms with van der Waals surface area (Å²) in [7, 11) is 0. The van der Waals surface area contributed by atoms with Crippen molar-refractivity contribution in [3.63, 3.8) is 0 Å². The van der Waals surface area contributed by atoms with Gasteiger partial charge in [0.2, 0.25) is 0 Å². The summed E-state index contributed by atoms with van der Waals surface area (Å²) in [6.45, 7) is 2.77. The zero-order valence-electron chi connectivity index (χ0n) is 18.7. The first kappa shape index (κ1) is 21.6. The van der Waals surface area contributed by atoms with Gasteiger partial charge in [0.25, 0.3) is 5.56 Å². The molecule has 0 aliphatic heterocycles. The fraction of sp³-hybridized carbons (Fsp3) is 0.148. The minimum Gasteiger partial charge on any atom is -0.444 e. The average molecular weight is 453 g/mol. The molecule has 3 aromatic carbocycles. The minimum absolute atomic E-state index is 0.119. The number of nitrogens with zero attached hydrogens (tertiary/aromatic N) is 3. The van der Waals surface area contributed by atoms with E-state index in [1.807, 2.05) is 67.6 Å². The molecule has 0 saturated heterocycles. The van der Waals surface area contributed by atoms with Crippen LogP contribution in [-0.4, -0.2) is 33.0 Å². The second kappa shape index (κ2) is 9.33. The van der Waals surface area contributed by atoms with Crippen LogP contribution in [-0.2, 0) is 0 Å². The van der Waals surface area contributed by atoms with Gasteiger partial charge >= 0.3 is 0 Å². The molecule has 0 aliphatic rings. The highest BCUT2D eigenvalue weighted by atomic mass is 16.3. The first-order chi connectivity index (χ1) is 16.6. The van der Waals surface area contributed by atoms with Crippen LogP contribution in [0.5, 0.6) is 0 Å². The average Bonchev–Trinajstić information content (AvgIpc) is 3.40. The van der Waals surface area contributed by atoms with E-state index in [1.165, 1.54) is 11.1 Å². The molecule has 0 saturated carbocycles. The first-order valence-electron chi connectivity index (χ1n) is 11.1. The van der Waals surface area contributed by atoms with Crippen LogP contribution in [0.25, 0.3) is 39.0 Å². The van der Waals surface area contributed by atoms with Crippen molar-refractivity contribution in [1.29, 1.82) is 0 Å². The monoisotopic (exact) mass is 452 g/mol. The van der Waals surface area contributed by atoms with Gasteiger partial charge in [0.05, 0.1) is 23.0 Å². The molecule has 0 spiro atoms. The van der Waals surface area contributed by atoms with Gasteiger partial charge in [-0.05, 0) is 61.4 Å². The Labute approximate surface area is 196 Å². The molecule has 7 heteroatoms. The lowest BCUT2D eigenvalue weighted by molar-refractivity contribution is 0.292. The van der Waals surface area contributed by atoms with E-state index in [4.69, 9.17) is 14.6 Å². The second-order valence-corrected chi connectivity index (χ2v) is 8.12. The number of benzene rings is 3. The topological polar surface area (TPSA) is 93.2 Å². The summed E-state index contributed by atoms with van der Waals surface area (Å²) in [5.74, 6) is 0.671. The molecule has 0 aliphatic carbocycles. The lowest BCUT2D eigenvalue weighted by Gasteiger charge is -2.14. The van der Waals surface area contributed by atoms with Crippen LogP contribution in [0, 0.1) is 6.92 Å². The van der Waals surface area contributed by atoms with Crippen LogP contribution >= 0.6 is 0 Å². The van der Waals surface area contributed by atoms with Crippen molar-refractivity contribution in [2.45, 2.75) is 13.3 Å². The molecule has 5 aromatic rings. The van der Waals surface area contributed by atoms with Crippen LogP contribution in [0.1, 0.15) is 12.0 Å². The normalized spacial score (nSPS) is 11.1. The first-order valence-corrected chi connectivity index (χ1v) is 11.1. The standard InChI is InChI=1S/C27H24N4O3/c1-18-12-19(25-16-28-17-34-25)14-20(13-18)26-23-8-2-3-9-24(23)27(33)31(30-26)22-7-4-6-21(15-22)29-10-5-11-32/h2-4,6-9,12-17,29,32H,5,10-11H2,1H3. The van der Waals surface area contributed by atoms with Gasteiger partial charge in [-0.2, -0.15) is 9.78 Å². The number of anilines is 1. The lowest BCUT2D eigenvalue weighted by atomic mass is 9.99. The van der Waals surface area contributed by atoms with E-state index in [0.717, 1.165) is 27.8 Å². The molecular weight excluding hydrogens is 428 g/mol. The van der Waals surface area contributed by atoms with Crippen LogP contribution in [0.15, 0.2) is 88.5 Å². The zero-order chi connectivity index (χ0) is 23.5. The van der Waals surface area contributed by atoms with Gasteiger partial charge in [0, 0.05) is 35.4 Å². The van der Waals surface area contributed by atoms with Gasteiger partial charge in [-0.1, -0.05) is 24.3 Å². The van der Waals surface area contributed by atoms with Crippen molar-refractivity contribution in [3.05, 3.63) is 95.2 Å². The Morgan fingerprint density at radius 3 is 2.62 bits per heavy atom. The molecule has 5 rings (SSSR count). The van der Waals surface area contributed by atoms with E-state index in [2.05, 4.69) is 16.4 Å². The Balaban J connectivity index is 1.69. The fourth-order valence-corrected chi connectivity index (χ4v) is 4.06. The van der Waals surface area contributed by atoms with Crippen molar-refractivity contribution in [2.24, 2.45) is 0 Å². The Morgan fingerprint density at radius 2 is 1.82 bits per heavy atom. The maximum atomic E-state index is 13.4. The van der Waals surface area contributed by atoms with Crippen molar-refractivity contribution in [2.75, 3.05) is 18.5 Å². The number of aromatic nitrogens is 3. The van der Waals surface area contributed by atoms with Gasteiger partial charge in [0.1, 0.15) is 0 Å². The van der Waals surface area contributed by atoms with E-state index in [1.54, 1.807) is 6.20 Å². The van der Waals surface area contributed by atoms with Gasteiger partial charge in [-0.15, -0.1) is 0 Å². The number of aliphatic hydroxyl groups excluding tert-OH is 1. The maximum Gasteiger partial charge on any atom is 0.279 e. The summed E-state index contributed by atoms with van der Waals surface area (Å²) in [6.07, 6.45) is 3.73. The highest BCUT2D eigenvalue weighted by Crippen LogP contribution is 2.31. The van der Waals surface area contributed by atoms with E-state index in [-0.39, 0.29) is 12.2 Å². The van der Waals surface area contributed by atoms with E-state index in [9.17, 15) is 4.79 Å². The smallest absolute Gasteiger partial charge is 0.279 e. The summed E-state index contributed by atoms with van der Waals surface area (Å²) in [4.78, 5) is 17.5. The van der Waals surface area contributed by atoms with Crippen LogP contribution in [0.4, 0.5) is 5.69 Å². The lowest BCUT2D eigenvalue weighted by Crippen LogP contribution is -2.22. The number of aryl methyl sites for hydroxylation is 1. The predicted molar refractivity (Wildman–Crippen MR) is 133 cm³/mol. The summed E-state index contributed by atoms with van der Waals surface area (Å²) in [5.41, 5.74) is 4.86. The molecule has 2 heterocycles. The molecule has 0 unspecified atom stereocenters. The molecule has 0 radical (unpaired) electrons. The van der Waals surface area contributed by atoms with Crippen molar-refractivity contribution in [3.8, 4) is 28.3 Å².